The number of thiazole rings is 1. The number of primary amides is 1. The Hall–Kier alpha value is -3.37. The van der Waals surface area contributed by atoms with Gasteiger partial charge in [0.2, 0.25) is 17.7 Å². The third-order valence-electron chi connectivity index (χ3n) is 4.01. The molecule has 1 heterocycles. The summed E-state index contributed by atoms with van der Waals surface area (Å²) >= 11 is 2.68. The number of nitrogens with two attached hydrogens (primary N) is 1. The molecule has 0 unspecified atom stereocenters. The first-order valence-electron chi connectivity index (χ1n) is 9.14. The van der Waals surface area contributed by atoms with Crippen LogP contribution in [0.15, 0.2) is 58.3 Å². The molecule has 10 heteroatoms. The molecule has 0 saturated carbocycles. The Morgan fingerprint density at radius 1 is 1.06 bits per heavy atom. The van der Waals surface area contributed by atoms with Crippen LogP contribution in [0.3, 0.4) is 0 Å². The first-order valence-corrected chi connectivity index (χ1v) is 11.0. The Balaban J connectivity index is 1.46. The molecule has 2 aromatic carbocycles. The summed E-state index contributed by atoms with van der Waals surface area (Å²) in [5.74, 6) is -0.0565. The number of benzene rings is 2. The van der Waals surface area contributed by atoms with Crippen molar-refractivity contribution < 1.29 is 19.1 Å². The molecule has 0 aliphatic heterocycles. The molecule has 160 valence electrons. The molecule has 0 saturated heterocycles. The van der Waals surface area contributed by atoms with Crippen LogP contribution in [0, 0.1) is 0 Å². The van der Waals surface area contributed by atoms with Gasteiger partial charge < -0.3 is 21.1 Å². The summed E-state index contributed by atoms with van der Waals surface area (Å²) in [6.07, 6.45) is 0.102. The molecule has 0 radical (unpaired) electrons. The van der Waals surface area contributed by atoms with E-state index in [0.29, 0.717) is 32.7 Å². The SMILES string of the molecule is COc1cccc(NC(=O)CSc2nc(CC(=O)Nc3ccc(C(N)=O)cc3)cs2)c1. The van der Waals surface area contributed by atoms with Gasteiger partial charge >= 0.3 is 0 Å². The Bertz CT molecular complexity index is 1080. The molecular weight excluding hydrogens is 436 g/mol. The number of aromatic nitrogens is 1. The van der Waals surface area contributed by atoms with E-state index in [2.05, 4.69) is 15.6 Å². The van der Waals surface area contributed by atoms with Crippen molar-refractivity contribution in [3.8, 4) is 5.75 Å². The maximum atomic E-state index is 12.2. The molecule has 3 aromatic rings. The standard InChI is InChI=1S/C21H20N4O4S2/c1-29-17-4-2-3-15(9-17)24-19(27)12-31-21-25-16(11-30-21)10-18(26)23-14-7-5-13(6-8-14)20(22)28/h2-9,11H,10,12H2,1H3,(H2,22,28)(H,23,26)(H,24,27). The molecule has 3 amide bonds. The summed E-state index contributed by atoms with van der Waals surface area (Å²) in [7, 11) is 1.57. The predicted octanol–water partition coefficient (Wildman–Crippen LogP) is 3.16. The van der Waals surface area contributed by atoms with Gasteiger partial charge in [-0.05, 0) is 36.4 Å². The van der Waals surface area contributed by atoms with Crippen molar-refractivity contribution in [1.29, 1.82) is 0 Å². The van der Waals surface area contributed by atoms with Crippen LogP contribution in [0.2, 0.25) is 0 Å². The number of hydrogen-bond acceptors (Lipinski definition) is 7. The molecular formula is C21H20N4O4S2. The molecule has 0 aliphatic rings. The first-order chi connectivity index (χ1) is 14.9. The largest absolute Gasteiger partial charge is 0.497 e. The zero-order valence-corrected chi connectivity index (χ0v) is 18.2. The minimum atomic E-state index is -0.525. The van der Waals surface area contributed by atoms with Crippen molar-refractivity contribution in [3.63, 3.8) is 0 Å². The van der Waals surface area contributed by atoms with Crippen molar-refractivity contribution in [2.75, 3.05) is 23.5 Å². The van der Waals surface area contributed by atoms with Crippen LogP contribution in [0.25, 0.3) is 0 Å². The normalized spacial score (nSPS) is 10.4. The third kappa shape index (κ3) is 6.83. The zero-order chi connectivity index (χ0) is 22.2. The quantitative estimate of drug-likeness (QED) is 0.425. The molecule has 4 N–H and O–H groups in total. The fourth-order valence-corrected chi connectivity index (χ4v) is 4.19. The van der Waals surface area contributed by atoms with Crippen LogP contribution in [0.1, 0.15) is 16.1 Å². The van der Waals surface area contributed by atoms with Crippen LogP contribution in [0.5, 0.6) is 5.75 Å². The van der Waals surface area contributed by atoms with Crippen LogP contribution in [0.4, 0.5) is 11.4 Å². The summed E-state index contributed by atoms with van der Waals surface area (Å²) < 4.78 is 5.84. The van der Waals surface area contributed by atoms with Crippen LogP contribution in [-0.2, 0) is 16.0 Å². The van der Waals surface area contributed by atoms with Gasteiger partial charge in [-0.3, -0.25) is 14.4 Å². The van der Waals surface area contributed by atoms with Gasteiger partial charge in [0.25, 0.3) is 0 Å². The average Bonchev–Trinajstić information content (AvgIpc) is 3.20. The Morgan fingerprint density at radius 2 is 1.81 bits per heavy atom. The summed E-state index contributed by atoms with van der Waals surface area (Å²) in [6.45, 7) is 0. The van der Waals surface area contributed by atoms with Crippen molar-refractivity contribution in [2.45, 2.75) is 10.8 Å². The van der Waals surface area contributed by atoms with Crippen LogP contribution in [-0.4, -0.2) is 35.6 Å². The second-order valence-corrected chi connectivity index (χ2v) is 8.42. The van der Waals surface area contributed by atoms with E-state index in [1.165, 1.54) is 23.1 Å². The topological polar surface area (TPSA) is 123 Å². The zero-order valence-electron chi connectivity index (χ0n) is 16.6. The molecule has 0 bridgehead atoms. The van der Waals surface area contributed by atoms with Gasteiger partial charge in [-0.25, -0.2) is 4.98 Å². The smallest absolute Gasteiger partial charge is 0.248 e. The van der Waals surface area contributed by atoms with Crippen LogP contribution >= 0.6 is 23.1 Å². The highest BCUT2D eigenvalue weighted by molar-refractivity contribution is 8.01. The second-order valence-electron chi connectivity index (χ2n) is 6.34. The highest BCUT2D eigenvalue weighted by atomic mass is 32.2. The number of anilines is 2. The molecule has 31 heavy (non-hydrogen) atoms. The number of amides is 3. The molecule has 0 fully saturated rings. The monoisotopic (exact) mass is 456 g/mol. The van der Waals surface area contributed by atoms with E-state index in [-0.39, 0.29) is 24.0 Å². The van der Waals surface area contributed by atoms with Crippen molar-refractivity contribution in [1.82, 2.24) is 4.98 Å². The van der Waals surface area contributed by atoms with Gasteiger partial charge in [0, 0.05) is 28.4 Å². The minimum absolute atomic E-state index is 0.102. The second kappa shape index (κ2) is 10.6. The van der Waals surface area contributed by atoms with Crippen LogP contribution < -0.4 is 21.1 Å². The number of carbonyl (C=O) groups excluding carboxylic acids is 3. The number of ether oxygens (including phenoxy) is 1. The van der Waals surface area contributed by atoms with Gasteiger partial charge in [0.05, 0.1) is 25.0 Å². The Labute approximate surface area is 187 Å². The number of thioether (sulfide) groups is 1. The number of nitrogens with one attached hydrogen (secondary N) is 2. The van der Waals surface area contributed by atoms with E-state index in [4.69, 9.17) is 10.5 Å². The fraction of sp³-hybridized carbons (Fsp3) is 0.143. The number of nitrogens with zero attached hydrogens (tertiary/aromatic N) is 1. The van der Waals surface area contributed by atoms with E-state index in [0.717, 1.165) is 0 Å². The third-order valence-corrected chi connectivity index (χ3v) is 6.08. The molecule has 0 atom stereocenters. The predicted molar refractivity (Wildman–Crippen MR) is 122 cm³/mol. The summed E-state index contributed by atoms with van der Waals surface area (Å²) in [6, 6.07) is 13.4. The van der Waals surface area contributed by atoms with E-state index in [1.54, 1.807) is 61.0 Å². The molecule has 1 aromatic heterocycles. The van der Waals surface area contributed by atoms with Crippen molar-refractivity contribution in [3.05, 3.63) is 65.2 Å². The number of hydrogen-bond donors (Lipinski definition) is 3. The average molecular weight is 457 g/mol. The van der Waals surface area contributed by atoms with E-state index < -0.39 is 5.91 Å². The fourth-order valence-electron chi connectivity index (χ4n) is 2.55. The van der Waals surface area contributed by atoms with E-state index in [1.807, 2.05) is 0 Å². The lowest BCUT2D eigenvalue weighted by molar-refractivity contribution is -0.116. The summed E-state index contributed by atoms with van der Waals surface area (Å²) in [5, 5.41) is 7.34. The van der Waals surface area contributed by atoms with Gasteiger partial charge in [0.1, 0.15) is 5.75 Å². The number of methoxy groups -OCH3 is 1. The maximum absolute atomic E-state index is 12.2. The molecule has 0 aliphatic carbocycles. The lowest BCUT2D eigenvalue weighted by Crippen LogP contribution is -2.15. The lowest BCUT2D eigenvalue weighted by atomic mass is 10.2. The highest BCUT2D eigenvalue weighted by Gasteiger charge is 2.11. The molecule has 0 spiro atoms. The van der Waals surface area contributed by atoms with Gasteiger partial charge in [0.15, 0.2) is 4.34 Å². The van der Waals surface area contributed by atoms with Gasteiger partial charge in [-0.15, -0.1) is 11.3 Å². The van der Waals surface area contributed by atoms with E-state index in [9.17, 15) is 14.4 Å². The maximum Gasteiger partial charge on any atom is 0.248 e. The Morgan fingerprint density at radius 3 is 2.52 bits per heavy atom. The first kappa shape index (κ1) is 22.3. The van der Waals surface area contributed by atoms with E-state index >= 15 is 0 Å². The summed E-state index contributed by atoms with van der Waals surface area (Å²) in [4.78, 5) is 39.8. The highest BCUT2D eigenvalue weighted by Crippen LogP contribution is 2.24. The minimum Gasteiger partial charge on any atom is -0.497 e. The lowest BCUT2D eigenvalue weighted by Gasteiger charge is -2.06. The van der Waals surface area contributed by atoms with Gasteiger partial charge in [-0.1, -0.05) is 17.8 Å². The molecule has 8 nitrogen and oxygen atoms in total. The molecule has 3 rings (SSSR count). The van der Waals surface area contributed by atoms with Gasteiger partial charge in [-0.2, -0.15) is 0 Å². The van der Waals surface area contributed by atoms with Crippen molar-refractivity contribution in [2.24, 2.45) is 5.73 Å². The number of carbonyl (C=O) groups is 3. The number of rotatable bonds is 9. The Kier molecular flexibility index (Phi) is 7.63. The summed E-state index contributed by atoms with van der Waals surface area (Å²) in [5.41, 5.74) is 7.41. The van der Waals surface area contributed by atoms with Crippen molar-refractivity contribution >= 4 is 52.2 Å².